The summed E-state index contributed by atoms with van der Waals surface area (Å²) in [6, 6.07) is 11.9. The van der Waals surface area contributed by atoms with E-state index in [-0.39, 0.29) is 23.0 Å². The maximum absolute atomic E-state index is 13.3. The number of hydrogen-bond acceptors (Lipinski definition) is 7. The van der Waals surface area contributed by atoms with Gasteiger partial charge in [-0.15, -0.1) is 0 Å². The highest BCUT2D eigenvalue weighted by Gasteiger charge is 2.42. The van der Waals surface area contributed by atoms with Gasteiger partial charge in [0, 0.05) is 68.5 Å². The number of piperazine rings is 1. The fraction of sp³-hybridized carbons (Fsp3) is 0.333. The summed E-state index contributed by atoms with van der Waals surface area (Å²) >= 11 is 0. The molecular formula is C30H31F2N7O3. The number of halogens is 2. The van der Waals surface area contributed by atoms with Crippen LogP contribution in [-0.4, -0.2) is 81.9 Å². The van der Waals surface area contributed by atoms with Crippen LogP contribution < -0.4 is 15.4 Å². The molecule has 4 heterocycles. The van der Waals surface area contributed by atoms with Crippen LogP contribution in [0.2, 0.25) is 0 Å². The van der Waals surface area contributed by atoms with Crippen LogP contribution in [-0.2, 0) is 4.79 Å². The molecule has 0 atom stereocenters. The maximum Gasteiger partial charge on any atom is 0.387 e. The lowest BCUT2D eigenvalue weighted by molar-refractivity contribution is -0.145. The zero-order valence-corrected chi connectivity index (χ0v) is 23.3. The molecule has 2 aromatic carbocycles. The second kappa shape index (κ2) is 11.0. The predicted octanol–water partition coefficient (Wildman–Crippen LogP) is 3.94. The van der Waals surface area contributed by atoms with E-state index in [1.807, 2.05) is 35.3 Å². The number of nitrogens with one attached hydrogen (secondary N) is 2. The summed E-state index contributed by atoms with van der Waals surface area (Å²) in [7, 11) is 0. The van der Waals surface area contributed by atoms with E-state index < -0.39 is 6.61 Å². The van der Waals surface area contributed by atoms with Crippen molar-refractivity contribution in [3.05, 3.63) is 72.2 Å². The van der Waals surface area contributed by atoms with Gasteiger partial charge in [0.1, 0.15) is 5.75 Å². The largest absolute Gasteiger partial charge is 0.435 e. The Morgan fingerprint density at radius 1 is 1.02 bits per heavy atom. The Morgan fingerprint density at radius 3 is 2.38 bits per heavy atom. The Labute approximate surface area is 241 Å². The van der Waals surface area contributed by atoms with Crippen LogP contribution in [0.1, 0.15) is 22.8 Å². The van der Waals surface area contributed by atoms with Gasteiger partial charge in [-0.3, -0.25) is 14.0 Å². The molecule has 0 spiro atoms. The first-order chi connectivity index (χ1) is 20.2. The second-order valence-corrected chi connectivity index (χ2v) is 10.9. The zero-order chi connectivity index (χ0) is 29.4. The Hall–Kier alpha value is -4.58. The van der Waals surface area contributed by atoms with Gasteiger partial charge in [-0.05, 0) is 61.9 Å². The third-order valence-electron chi connectivity index (χ3n) is 7.92. The number of nitrogens with zero attached hydrogens (tertiary/aromatic N) is 5. The number of rotatable bonds is 7. The molecule has 2 aromatic heterocycles. The standard InChI is InChI=1S/C30H31F2N7O3/c1-19-15-21(5-8-23(19)27(40)37-11-13-38(14-12-37)28(41)30(2)17-33-18-30)36-25-26-35-16-24(39(26)10-9-34-25)20-3-6-22(7-4-20)42-29(31)32/h3-10,15-16,29,33H,11-14,17-18H2,1-2H3,(H,34,36). The van der Waals surface area contributed by atoms with Gasteiger partial charge in [-0.1, -0.05) is 0 Å². The number of hydrogen-bond donors (Lipinski definition) is 2. The molecule has 2 fully saturated rings. The van der Waals surface area contributed by atoms with Gasteiger partial charge in [-0.25, -0.2) is 9.97 Å². The summed E-state index contributed by atoms with van der Waals surface area (Å²) < 4.78 is 31.3. The number of carbonyl (C=O) groups is 2. The van der Waals surface area contributed by atoms with Crippen molar-refractivity contribution in [1.29, 1.82) is 0 Å². The van der Waals surface area contributed by atoms with Crippen molar-refractivity contribution in [2.75, 3.05) is 44.6 Å². The number of alkyl halides is 2. The Balaban J connectivity index is 1.14. The third-order valence-corrected chi connectivity index (χ3v) is 7.92. The zero-order valence-electron chi connectivity index (χ0n) is 23.3. The molecule has 2 saturated heterocycles. The van der Waals surface area contributed by atoms with Crippen molar-refractivity contribution in [1.82, 2.24) is 29.5 Å². The first-order valence-electron chi connectivity index (χ1n) is 13.8. The lowest BCUT2D eigenvalue weighted by atomic mass is 9.82. The summed E-state index contributed by atoms with van der Waals surface area (Å²) in [6.45, 7) is 4.48. The molecule has 2 N–H and O–H groups in total. The molecule has 218 valence electrons. The minimum atomic E-state index is -2.88. The van der Waals surface area contributed by atoms with Gasteiger partial charge in [-0.2, -0.15) is 8.78 Å². The fourth-order valence-corrected chi connectivity index (χ4v) is 5.46. The number of aryl methyl sites for hydroxylation is 1. The number of carbonyl (C=O) groups excluding carboxylic acids is 2. The molecule has 6 rings (SSSR count). The SMILES string of the molecule is Cc1cc(Nc2nccn3c(-c4ccc(OC(F)F)cc4)cnc23)ccc1C(=O)N1CCN(C(=O)C2(C)CNC2)CC1. The second-order valence-electron chi connectivity index (χ2n) is 10.9. The molecule has 2 amide bonds. The average Bonchev–Trinajstić information content (AvgIpc) is 3.41. The monoisotopic (exact) mass is 575 g/mol. The van der Waals surface area contributed by atoms with E-state index in [9.17, 15) is 18.4 Å². The minimum Gasteiger partial charge on any atom is -0.435 e. The summed E-state index contributed by atoms with van der Waals surface area (Å²) in [5.41, 5.74) is 3.97. The van der Waals surface area contributed by atoms with Crippen molar-refractivity contribution < 1.29 is 23.1 Å². The van der Waals surface area contributed by atoms with E-state index in [1.165, 1.54) is 12.1 Å². The van der Waals surface area contributed by atoms with E-state index in [4.69, 9.17) is 0 Å². The van der Waals surface area contributed by atoms with Crippen molar-refractivity contribution in [2.45, 2.75) is 20.5 Å². The Bertz CT molecular complexity index is 1630. The smallest absolute Gasteiger partial charge is 0.387 e. The highest BCUT2D eigenvalue weighted by molar-refractivity contribution is 5.96. The van der Waals surface area contributed by atoms with E-state index >= 15 is 0 Å². The molecule has 2 aliphatic heterocycles. The van der Waals surface area contributed by atoms with E-state index in [2.05, 4.69) is 25.3 Å². The fourth-order valence-electron chi connectivity index (χ4n) is 5.46. The van der Waals surface area contributed by atoms with Crippen molar-refractivity contribution >= 4 is 29.0 Å². The van der Waals surface area contributed by atoms with Gasteiger partial charge < -0.3 is 25.2 Å². The molecule has 0 saturated carbocycles. The van der Waals surface area contributed by atoms with Gasteiger partial charge in [0.2, 0.25) is 5.91 Å². The lowest BCUT2D eigenvalue weighted by Crippen LogP contribution is -2.63. The number of imidazole rings is 1. The number of anilines is 2. The van der Waals surface area contributed by atoms with Gasteiger partial charge in [0.25, 0.3) is 5.91 Å². The Morgan fingerprint density at radius 2 is 1.74 bits per heavy atom. The molecule has 0 radical (unpaired) electrons. The predicted molar refractivity (Wildman–Crippen MR) is 153 cm³/mol. The lowest BCUT2D eigenvalue weighted by Gasteiger charge is -2.44. The average molecular weight is 576 g/mol. The van der Waals surface area contributed by atoms with Crippen molar-refractivity contribution in [3.8, 4) is 17.0 Å². The highest BCUT2D eigenvalue weighted by Crippen LogP contribution is 2.29. The number of amides is 2. The molecule has 10 nitrogen and oxygen atoms in total. The Kier molecular flexibility index (Phi) is 7.23. The van der Waals surface area contributed by atoms with Crippen LogP contribution in [0, 0.1) is 12.3 Å². The third kappa shape index (κ3) is 5.25. The number of fused-ring (bicyclic) bond motifs is 1. The van der Waals surface area contributed by atoms with Crippen LogP contribution in [0.5, 0.6) is 5.75 Å². The van der Waals surface area contributed by atoms with E-state index in [1.54, 1.807) is 41.7 Å². The summed E-state index contributed by atoms with van der Waals surface area (Å²) in [5, 5.41) is 6.47. The summed E-state index contributed by atoms with van der Waals surface area (Å²) in [4.78, 5) is 38.8. The van der Waals surface area contributed by atoms with Gasteiger partial charge in [0.15, 0.2) is 11.5 Å². The molecule has 0 bridgehead atoms. The van der Waals surface area contributed by atoms with Crippen LogP contribution in [0.15, 0.2) is 61.1 Å². The quantitative estimate of drug-likeness (QED) is 0.344. The first kappa shape index (κ1) is 27.6. The number of aromatic nitrogens is 3. The molecule has 0 aliphatic carbocycles. The van der Waals surface area contributed by atoms with Crippen LogP contribution in [0.25, 0.3) is 16.9 Å². The molecular weight excluding hydrogens is 544 g/mol. The van der Waals surface area contributed by atoms with E-state index in [0.29, 0.717) is 56.3 Å². The van der Waals surface area contributed by atoms with Crippen LogP contribution in [0.4, 0.5) is 20.3 Å². The normalized spacial score (nSPS) is 16.4. The molecule has 4 aromatic rings. The maximum atomic E-state index is 13.3. The van der Waals surface area contributed by atoms with Crippen molar-refractivity contribution in [3.63, 3.8) is 0 Å². The van der Waals surface area contributed by atoms with Crippen molar-refractivity contribution in [2.24, 2.45) is 5.41 Å². The van der Waals surface area contributed by atoms with E-state index in [0.717, 1.165) is 22.5 Å². The highest BCUT2D eigenvalue weighted by atomic mass is 19.3. The topological polar surface area (TPSA) is 104 Å². The summed E-state index contributed by atoms with van der Waals surface area (Å²) in [5.74, 6) is 0.713. The first-order valence-corrected chi connectivity index (χ1v) is 13.8. The molecule has 12 heteroatoms. The molecule has 2 aliphatic rings. The van der Waals surface area contributed by atoms with Crippen LogP contribution >= 0.6 is 0 Å². The molecule has 42 heavy (non-hydrogen) atoms. The molecule has 0 unspecified atom stereocenters. The number of benzene rings is 2. The van der Waals surface area contributed by atoms with Gasteiger partial charge >= 0.3 is 6.61 Å². The van der Waals surface area contributed by atoms with Crippen LogP contribution in [0.3, 0.4) is 0 Å². The van der Waals surface area contributed by atoms with Gasteiger partial charge in [0.05, 0.1) is 17.3 Å². The summed E-state index contributed by atoms with van der Waals surface area (Å²) in [6.07, 6.45) is 5.11. The minimum absolute atomic E-state index is 0.0502. The number of ether oxygens (including phenoxy) is 1.